The molecule has 1 unspecified atom stereocenters. The molecule has 0 bridgehead atoms. The summed E-state index contributed by atoms with van der Waals surface area (Å²) in [5.41, 5.74) is 5.44. The Kier molecular flexibility index (Phi) is 6.26. The standard InChI is InChI=1S/C27H27FN2O2/c1-29(2)27(32)14-7-19-3-5-20(6-4-19)17-26-25-13-12-24(31)18-21(25)15-16-30(26)23-10-8-22(28)9-11-23/h3-14,18,26,31H,15-17H2,1-2H3. The van der Waals surface area contributed by atoms with Crippen molar-refractivity contribution in [3.05, 3.63) is 101 Å². The number of rotatable bonds is 5. The number of benzene rings is 3. The molecular formula is C27H27FN2O2. The lowest BCUT2D eigenvalue weighted by atomic mass is 9.88. The van der Waals surface area contributed by atoms with Crippen LogP contribution in [-0.2, 0) is 17.6 Å². The number of aromatic hydroxyl groups is 1. The fourth-order valence-electron chi connectivity index (χ4n) is 4.16. The van der Waals surface area contributed by atoms with E-state index in [-0.39, 0.29) is 23.5 Å². The highest BCUT2D eigenvalue weighted by Crippen LogP contribution is 2.37. The molecule has 4 rings (SSSR count). The minimum atomic E-state index is -0.246. The van der Waals surface area contributed by atoms with Crippen LogP contribution in [0.3, 0.4) is 0 Å². The van der Waals surface area contributed by atoms with Crippen LogP contribution in [0, 0.1) is 5.82 Å². The van der Waals surface area contributed by atoms with E-state index in [1.165, 1.54) is 28.2 Å². The summed E-state index contributed by atoms with van der Waals surface area (Å²) in [7, 11) is 3.45. The Morgan fingerprint density at radius 2 is 1.81 bits per heavy atom. The molecule has 1 aliphatic heterocycles. The van der Waals surface area contributed by atoms with Gasteiger partial charge in [-0.05, 0) is 77.6 Å². The molecule has 0 radical (unpaired) electrons. The highest BCUT2D eigenvalue weighted by molar-refractivity contribution is 5.91. The zero-order valence-electron chi connectivity index (χ0n) is 18.3. The predicted octanol–water partition coefficient (Wildman–Crippen LogP) is 4.98. The van der Waals surface area contributed by atoms with Crippen LogP contribution in [0.5, 0.6) is 5.75 Å². The average Bonchev–Trinajstić information content (AvgIpc) is 2.79. The van der Waals surface area contributed by atoms with Crippen molar-refractivity contribution >= 4 is 17.7 Å². The Morgan fingerprint density at radius 3 is 2.50 bits per heavy atom. The molecule has 0 aromatic heterocycles. The molecule has 3 aromatic rings. The first-order valence-corrected chi connectivity index (χ1v) is 10.7. The second-order valence-electron chi connectivity index (χ2n) is 8.33. The van der Waals surface area contributed by atoms with Gasteiger partial charge in [0.15, 0.2) is 0 Å². The average molecular weight is 431 g/mol. The van der Waals surface area contributed by atoms with Crippen molar-refractivity contribution in [1.29, 1.82) is 0 Å². The van der Waals surface area contributed by atoms with Gasteiger partial charge in [-0.2, -0.15) is 0 Å². The Balaban J connectivity index is 1.61. The number of fused-ring (bicyclic) bond motifs is 1. The molecule has 3 aromatic carbocycles. The number of amides is 1. The molecule has 32 heavy (non-hydrogen) atoms. The number of halogens is 1. The maximum Gasteiger partial charge on any atom is 0.246 e. The molecule has 1 N–H and O–H groups in total. The molecule has 0 saturated carbocycles. The van der Waals surface area contributed by atoms with Gasteiger partial charge in [-0.3, -0.25) is 4.79 Å². The third-order valence-electron chi connectivity index (χ3n) is 5.91. The Hall–Kier alpha value is -3.60. The van der Waals surface area contributed by atoms with Crippen molar-refractivity contribution in [2.24, 2.45) is 0 Å². The van der Waals surface area contributed by atoms with Crippen LogP contribution in [0.15, 0.2) is 72.8 Å². The van der Waals surface area contributed by atoms with Crippen LogP contribution >= 0.6 is 0 Å². The van der Waals surface area contributed by atoms with Gasteiger partial charge < -0.3 is 14.9 Å². The molecule has 4 nitrogen and oxygen atoms in total. The van der Waals surface area contributed by atoms with Crippen LogP contribution in [0.1, 0.15) is 28.3 Å². The fraction of sp³-hybridized carbons (Fsp3) is 0.222. The quantitative estimate of drug-likeness (QED) is 0.581. The van der Waals surface area contributed by atoms with Gasteiger partial charge in [0.1, 0.15) is 11.6 Å². The Morgan fingerprint density at radius 1 is 1.09 bits per heavy atom. The molecule has 1 amide bonds. The normalized spacial score (nSPS) is 15.6. The number of nitrogens with zero attached hydrogens (tertiary/aromatic N) is 2. The van der Waals surface area contributed by atoms with Crippen molar-refractivity contribution in [2.45, 2.75) is 18.9 Å². The highest BCUT2D eigenvalue weighted by atomic mass is 19.1. The van der Waals surface area contributed by atoms with Gasteiger partial charge >= 0.3 is 0 Å². The molecule has 5 heteroatoms. The molecule has 0 fully saturated rings. The molecule has 1 aliphatic rings. The van der Waals surface area contributed by atoms with Gasteiger partial charge in [-0.15, -0.1) is 0 Å². The fourth-order valence-corrected chi connectivity index (χ4v) is 4.16. The van der Waals surface area contributed by atoms with Crippen molar-refractivity contribution in [2.75, 3.05) is 25.5 Å². The van der Waals surface area contributed by atoms with Crippen LogP contribution in [0.2, 0.25) is 0 Å². The first-order chi connectivity index (χ1) is 15.4. The summed E-state index contributed by atoms with van der Waals surface area (Å²) in [5, 5.41) is 9.94. The molecular weight excluding hydrogens is 403 g/mol. The number of likely N-dealkylation sites (N-methyl/N-ethyl adjacent to an activating group) is 1. The SMILES string of the molecule is CN(C)C(=O)C=Cc1ccc(CC2c3ccc(O)cc3CCN2c2ccc(F)cc2)cc1. The summed E-state index contributed by atoms with van der Waals surface area (Å²) in [6.07, 6.45) is 4.97. The first-order valence-electron chi connectivity index (χ1n) is 10.7. The second-order valence-corrected chi connectivity index (χ2v) is 8.33. The summed E-state index contributed by atoms with van der Waals surface area (Å²) in [5.74, 6) is -0.0174. The van der Waals surface area contributed by atoms with Gasteiger partial charge in [0.25, 0.3) is 0 Å². The minimum absolute atomic E-state index is 0.0499. The van der Waals surface area contributed by atoms with Crippen LogP contribution in [0.4, 0.5) is 10.1 Å². The first kappa shape index (κ1) is 21.6. The number of hydrogen-bond acceptors (Lipinski definition) is 3. The summed E-state index contributed by atoms with van der Waals surface area (Å²) in [4.78, 5) is 15.6. The summed E-state index contributed by atoms with van der Waals surface area (Å²) in [6.45, 7) is 0.792. The molecule has 0 aliphatic carbocycles. The molecule has 164 valence electrons. The Labute approximate surface area is 188 Å². The zero-order chi connectivity index (χ0) is 22.7. The number of phenolic OH excluding ortho intramolecular Hbond substituents is 1. The van der Waals surface area contributed by atoms with Crippen molar-refractivity contribution < 1.29 is 14.3 Å². The summed E-state index contributed by atoms with van der Waals surface area (Å²) in [6, 6.07) is 20.5. The lowest BCUT2D eigenvalue weighted by Crippen LogP contribution is -2.36. The lowest BCUT2D eigenvalue weighted by Gasteiger charge is -2.39. The minimum Gasteiger partial charge on any atom is -0.508 e. The van der Waals surface area contributed by atoms with Crippen molar-refractivity contribution in [3.63, 3.8) is 0 Å². The maximum absolute atomic E-state index is 13.5. The number of phenols is 1. The van der Waals surface area contributed by atoms with E-state index in [0.717, 1.165) is 36.2 Å². The van der Waals surface area contributed by atoms with E-state index in [0.29, 0.717) is 0 Å². The molecule has 0 saturated heterocycles. The lowest BCUT2D eigenvalue weighted by molar-refractivity contribution is -0.123. The number of carbonyl (C=O) groups excluding carboxylic acids is 1. The van der Waals surface area contributed by atoms with Crippen LogP contribution in [0.25, 0.3) is 6.08 Å². The monoisotopic (exact) mass is 430 g/mol. The Bertz CT molecular complexity index is 1120. The topological polar surface area (TPSA) is 43.8 Å². The molecule has 0 spiro atoms. The number of anilines is 1. The van der Waals surface area contributed by atoms with Crippen molar-refractivity contribution in [3.8, 4) is 5.75 Å². The van der Waals surface area contributed by atoms with E-state index in [2.05, 4.69) is 17.0 Å². The predicted molar refractivity (Wildman–Crippen MR) is 126 cm³/mol. The summed E-state index contributed by atoms with van der Waals surface area (Å²) < 4.78 is 13.5. The third-order valence-corrected chi connectivity index (χ3v) is 5.91. The highest BCUT2D eigenvalue weighted by Gasteiger charge is 2.28. The van der Waals surface area contributed by atoms with Crippen molar-refractivity contribution in [1.82, 2.24) is 4.90 Å². The van der Waals surface area contributed by atoms with E-state index >= 15 is 0 Å². The maximum atomic E-state index is 13.5. The van der Waals surface area contributed by atoms with E-state index in [4.69, 9.17) is 0 Å². The molecule has 1 heterocycles. The van der Waals surface area contributed by atoms with Gasteiger partial charge in [-0.1, -0.05) is 30.3 Å². The van der Waals surface area contributed by atoms with Gasteiger partial charge in [0, 0.05) is 32.4 Å². The van der Waals surface area contributed by atoms with E-state index < -0.39 is 0 Å². The number of hydrogen-bond donors (Lipinski definition) is 1. The largest absolute Gasteiger partial charge is 0.508 e. The van der Waals surface area contributed by atoms with Gasteiger partial charge in [0.2, 0.25) is 5.91 Å². The molecule has 1 atom stereocenters. The van der Waals surface area contributed by atoms with E-state index in [1.807, 2.05) is 42.5 Å². The smallest absolute Gasteiger partial charge is 0.246 e. The van der Waals surface area contributed by atoms with E-state index in [1.54, 1.807) is 26.2 Å². The number of carbonyl (C=O) groups is 1. The van der Waals surface area contributed by atoms with Gasteiger partial charge in [0.05, 0.1) is 6.04 Å². The second kappa shape index (κ2) is 9.27. The zero-order valence-corrected chi connectivity index (χ0v) is 18.3. The van der Waals surface area contributed by atoms with Crippen LogP contribution < -0.4 is 4.90 Å². The summed E-state index contributed by atoms with van der Waals surface area (Å²) >= 11 is 0. The third kappa shape index (κ3) is 4.83. The van der Waals surface area contributed by atoms with Crippen LogP contribution in [-0.4, -0.2) is 36.6 Å². The van der Waals surface area contributed by atoms with E-state index in [9.17, 15) is 14.3 Å². The van der Waals surface area contributed by atoms with Gasteiger partial charge in [-0.25, -0.2) is 4.39 Å².